The van der Waals surface area contributed by atoms with Crippen molar-refractivity contribution in [3.63, 3.8) is 0 Å². The lowest BCUT2D eigenvalue weighted by molar-refractivity contribution is 0.103. The number of anilines is 1. The summed E-state index contributed by atoms with van der Waals surface area (Å²) in [5.41, 5.74) is 8.17. The predicted octanol–water partition coefficient (Wildman–Crippen LogP) is 3.26. The van der Waals surface area contributed by atoms with Crippen LogP contribution in [-0.2, 0) is 0 Å². The smallest absolute Gasteiger partial charge is 0.199 e. The fraction of sp³-hybridized carbons (Fsp3) is 0.188. The van der Waals surface area contributed by atoms with Crippen molar-refractivity contribution in [2.24, 2.45) is 0 Å². The molecule has 0 aliphatic carbocycles. The van der Waals surface area contributed by atoms with Gasteiger partial charge < -0.3 is 10.5 Å². The number of ketones is 1. The Morgan fingerprint density at radius 1 is 1.15 bits per heavy atom. The third kappa shape index (κ3) is 2.37. The number of hydrogen-bond acceptors (Lipinski definition) is 3. The van der Waals surface area contributed by atoms with Crippen molar-refractivity contribution in [2.45, 2.75) is 13.8 Å². The Bertz CT molecular complexity index is 657. The highest BCUT2D eigenvalue weighted by Gasteiger charge is 2.21. The largest absolute Gasteiger partial charge is 0.496 e. The molecule has 0 aromatic heterocycles. The fourth-order valence-electron chi connectivity index (χ4n) is 2.36. The summed E-state index contributed by atoms with van der Waals surface area (Å²) in [5, 5.41) is 0. The molecule has 2 aromatic carbocycles. The monoisotopic (exact) mass is 273 g/mol. The van der Waals surface area contributed by atoms with Crippen LogP contribution in [0.15, 0.2) is 30.3 Å². The third-order valence-corrected chi connectivity index (χ3v) is 3.23. The quantitative estimate of drug-likeness (QED) is 0.689. The maximum atomic E-state index is 13.3. The Labute approximate surface area is 117 Å². The summed E-state index contributed by atoms with van der Waals surface area (Å²) >= 11 is 0. The molecule has 0 fully saturated rings. The fourth-order valence-corrected chi connectivity index (χ4v) is 2.36. The average Bonchev–Trinajstić information content (AvgIpc) is 2.36. The molecule has 0 atom stereocenters. The second kappa shape index (κ2) is 5.33. The number of halogens is 1. The summed E-state index contributed by atoms with van der Waals surface area (Å²) < 4.78 is 18.5. The molecule has 2 rings (SSSR count). The van der Waals surface area contributed by atoms with E-state index >= 15 is 0 Å². The summed E-state index contributed by atoms with van der Waals surface area (Å²) in [5.74, 6) is -0.197. The minimum Gasteiger partial charge on any atom is -0.496 e. The SMILES string of the molecule is COc1cccc(N)c1C(=O)c1c(C)cc(F)cc1C. The van der Waals surface area contributed by atoms with Gasteiger partial charge in [-0.15, -0.1) is 0 Å². The highest BCUT2D eigenvalue weighted by Crippen LogP contribution is 2.29. The van der Waals surface area contributed by atoms with Gasteiger partial charge in [-0.2, -0.15) is 0 Å². The van der Waals surface area contributed by atoms with Crippen LogP contribution < -0.4 is 10.5 Å². The van der Waals surface area contributed by atoms with E-state index in [0.717, 1.165) is 0 Å². The van der Waals surface area contributed by atoms with Gasteiger partial charge in [0, 0.05) is 11.3 Å². The number of ether oxygens (including phenoxy) is 1. The summed E-state index contributed by atoms with van der Waals surface area (Å²) in [6.07, 6.45) is 0. The van der Waals surface area contributed by atoms with Crippen LogP contribution in [0.4, 0.5) is 10.1 Å². The lowest BCUT2D eigenvalue weighted by Crippen LogP contribution is -2.11. The van der Waals surface area contributed by atoms with Crippen LogP contribution in [0.25, 0.3) is 0 Å². The van der Waals surface area contributed by atoms with Crippen molar-refractivity contribution in [2.75, 3.05) is 12.8 Å². The molecule has 0 radical (unpaired) electrons. The molecule has 20 heavy (non-hydrogen) atoms. The maximum absolute atomic E-state index is 13.3. The van der Waals surface area contributed by atoms with Crippen LogP contribution in [0.3, 0.4) is 0 Å². The van der Waals surface area contributed by atoms with Gasteiger partial charge in [-0.3, -0.25) is 4.79 Å². The van der Waals surface area contributed by atoms with E-state index in [1.807, 2.05) is 0 Å². The van der Waals surface area contributed by atoms with E-state index in [0.29, 0.717) is 33.7 Å². The van der Waals surface area contributed by atoms with Gasteiger partial charge in [0.1, 0.15) is 11.6 Å². The van der Waals surface area contributed by atoms with Crippen LogP contribution in [-0.4, -0.2) is 12.9 Å². The molecule has 3 nitrogen and oxygen atoms in total. The molecule has 4 heteroatoms. The zero-order valence-electron chi connectivity index (χ0n) is 11.7. The number of rotatable bonds is 3. The maximum Gasteiger partial charge on any atom is 0.199 e. The van der Waals surface area contributed by atoms with Gasteiger partial charge in [0.25, 0.3) is 0 Å². The summed E-state index contributed by atoms with van der Waals surface area (Å²) in [6.45, 7) is 3.41. The molecule has 0 bridgehead atoms. The number of benzene rings is 2. The van der Waals surface area contributed by atoms with Gasteiger partial charge in [-0.1, -0.05) is 6.07 Å². The predicted molar refractivity (Wildman–Crippen MR) is 76.7 cm³/mol. The van der Waals surface area contributed by atoms with Crippen LogP contribution in [0.1, 0.15) is 27.0 Å². The lowest BCUT2D eigenvalue weighted by atomic mass is 9.93. The van der Waals surface area contributed by atoms with E-state index in [1.165, 1.54) is 19.2 Å². The first-order chi connectivity index (χ1) is 9.45. The first-order valence-corrected chi connectivity index (χ1v) is 6.19. The van der Waals surface area contributed by atoms with Gasteiger partial charge in [-0.25, -0.2) is 4.39 Å². The Morgan fingerprint density at radius 2 is 1.75 bits per heavy atom. The third-order valence-electron chi connectivity index (χ3n) is 3.23. The molecular formula is C16H16FNO2. The zero-order chi connectivity index (χ0) is 14.9. The molecule has 104 valence electrons. The van der Waals surface area contributed by atoms with Crippen LogP contribution in [0, 0.1) is 19.7 Å². The number of carbonyl (C=O) groups excluding carboxylic acids is 1. The number of nitrogen functional groups attached to an aromatic ring is 1. The van der Waals surface area contributed by atoms with Gasteiger partial charge in [-0.05, 0) is 49.2 Å². The van der Waals surface area contributed by atoms with E-state index in [1.54, 1.807) is 32.0 Å². The molecular weight excluding hydrogens is 257 g/mol. The Balaban J connectivity index is 2.64. The van der Waals surface area contributed by atoms with Gasteiger partial charge in [0.05, 0.1) is 12.7 Å². The summed E-state index contributed by atoms with van der Waals surface area (Å²) in [4.78, 5) is 12.7. The second-order valence-electron chi connectivity index (χ2n) is 4.67. The molecule has 0 spiro atoms. The van der Waals surface area contributed by atoms with Gasteiger partial charge in [0.15, 0.2) is 5.78 Å². The van der Waals surface area contributed by atoms with Crippen LogP contribution in [0.2, 0.25) is 0 Å². The van der Waals surface area contributed by atoms with E-state index in [-0.39, 0.29) is 11.6 Å². The van der Waals surface area contributed by atoms with Crippen molar-refractivity contribution < 1.29 is 13.9 Å². The molecule has 2 N–H and O–H groups in total. The standard InChI is InChI=1S/C16H16FNO2/c1-9-7-11(17)8-10(2)14(9)16(19)15-12(18)5-4-6-13(15)20-3/h4-8H,18H2,1-3H3. The average molecular weight is 273 g/mol. The number of aryl methyl sites for hydroxylation is 2. The topological polar surface area (TPSA) is 52.3 Å². The molecule has 0 unspecified atom stereocenters. The number of carbonyl (C=O) groups is 1. The molecule has 0 heterocycles. The van der Waals surface area contributed by atoms with Crippen LogP contribution >= 0.6 is 0 Å². The van der Waals surface area contributed by atoms with Gasteiger partial charge >= 0.3 is 0 Å². The number of nitrogens with two attached hydrogens (primary N) is 1. The number of methoxy groups -OCH3 is 1. The van der Waals surface area contributed by atoms with E-state index in [2.05, 4.69) is 0 Å². The van der Waals surface area contributed by atoms with Crippen molar-refractivity contribution in [3.05, 3.63) is 58.4 Å². The normalized spacial score (nSPS) is 10.4. The Kier molecular flexibility index (Phi) is 3.74. The molecule has 0 amide bonds. The molecule has 0 saturated heterocycles. The first-order valence-electron chi connectivity index (χ1n) is 6.19. The van der Waals surface area contributed by atoms with Crippen molar-refractivity contribution in [1.29, 1.82) is 0 Å². The van der Waals surface area contributed by atoms with Crippen molar-refractivity contribution in [1.82, 2.24) is 0 Å². The molecule has 2 aromatic rings. The first kappa shape index (κ1) is 14.1. The minimum atomic E-state index is -0.357. The van der Waals surface area contributed by atoms with Crippen molar-refractivity contribution >= 4 is 11.5 Å². The van der Waals surface area contributed by atoms with Gasteiger partial charge in [0.2, 0.25) is 0 Å². The van der Waals surface area contributed by atoms with E-state index < -0.39 is 0 Å². The Hall–Kier alpha value is -2.36. The molecule has 0 aliphatic heterocycles. The molecule has 0 aliphatic rings. The summed E-state index contributed by atoms with van der Waals surface area (Å²) in [6, 6.07) is 7.72. The van der Waals surface area contributed by atoms with Crippen molar-refractivity contribution in [3.8, 4) is 5.75 Å². The zero-order valence-corrected chi connectivity index (χ0v) is 11.7. The second-order valence-corrected chi connectivity index (χ2v) is 4.67. The Morgan fingerprint density at radius 3 is 2.30 bits per heavy atom. The van der Waals surface area contributed by atoms with Crippen LogP contribution in [0.5, 0.6) is 5.75 Å². The van der Waals surface area contributed by atoms with E-state index in [9.17, 15) is 9.18 Å². The lowest BCUT2D eigenvalue weighted by Gasteiger charge is -2.13. The summed E-state index contributed by atoms with van der Waals surface area (Å²) in [7, 11) is 1.48. The minimum absolute atomic E-state index is 0.255. The highest BCUT2D eigenvalue weighted by molar-refractivity contribution is 6.15. The number of hydrogen-bond donors (Lipinski definition) is 1. The molecule has 0 saturated carbocycles. The van der Waals surface area contributed by atoms with E-state index in [4.69, 9.17) is 10.5 Å². The highest BCUT2D eigenvalue weighted by atomic mass is 19.1.